The van der Waals surface area contributed by atoms with Gasteiger partial charge in [0.15, 0.2) is 11.5 Å². The number of rotatable bonds is 21. The molecule has 4 rings (SSSR count). The molecule has 0 saturated carbocycles. The van der Waals surface area contributed by atoms with Crippen LogP contribution in [0.4, 0.5) is 5.69 Å². The molecule has 0 atom stereocenters. The Morgan fingerprint density at radius 2 is 1.13 bits per heavy atom. The van der Waals surface area contributed by atoms with Crippen LogP contribution in [-0.4, -0.2) is 63.6 Å². The summed E-state index contributed by atoms with van der Waals surface area (Å²) in [7, 11) is 1.47. The van der Waals surface area contributed by atoms with Gasteiger partial charge < -0.3 is 33.2 Å². The van der Waals surface area contributed by atoms with E-state index in [1.54, 1.807) is 91.1 Å². The second-order valence-corrected chi connectivity index (χ2v) is 12.3. The maximum Gasteiger partial charge on any atom is 0.343 e. The van der Waals surface area contributed by atoms with Gasteiger partial charge >= 0.3 is 23.9 Å². The number of hydrogen-bond donors (Lipinski definition) is 0. The highest BCUT2D eigenvalue weighted by atomic mass is 79.9. The third-order valence-corrected chi connectivity index (χ3v) is 8.12. The number of unbranched alkanes of at least 4 members (excludes halogenated alkanes) is 2. The van der Waals surface area contributed by atoms with Crippen molar-refractivity contribution in [3.8, 4) is 28.7 Å². The summed E-state index contributed by atoms with van der Waals surface area (Å²) in [4.78, 5) is 52.3. The topological polar surface area (TPSA) is 145 Å². The molecule has 0 aliphatic heterocycles. The molecular weight excluding hydrogens is 774 g/mol. The number of esters is 4. The Morgan fingerprint density at radius 1 is 0.618 bits per heavy atom. The summed E-state index contributed by atoms with van der Waals surface area (Å²) < 4.78 is 38.5. The third-order valence-electron chi connectivity index (χ3n) is 7.49. The summed E-state index contributed by atoms with van der Waals surface area (Å²) in [6.45, 7) is 8.15. The predicted molar refractivity (Wildman–Crippen MR) is 209 cm³/mol. The van der Waals surface area contributed by atoms with E-state index in [2.05, 4.69) is 34.1 Å². The minimum absolute atomic E-state index is 0.234. The van der Waals surface area contributed by atoms with E-state index in [0.717, 1.165) is 12.2 Å². The largest absolute Gasteiger partial charge is 0.494 e. The number of nitrogens with zero attached hydrogens (tertiary/aromatic N) is 1. The molecule has 0 bridgehead atoms. The van der Waals surface area contributed by atoms with Crippen LogP contribution in [-0.2, 0) is 19.1 Å². The Hall–Kier alpha value is -6.21. The van der Waals surface area contributed by atoms with E-state index in [-0.39, 0.29) is 5.75 Å². The fraction of sp³-hybridized carbons (Fsp3) is 0.214. The number of methoxy groups -OCH3 is 1. The van der Waals surface area contributed by atoms with Crippen LogP contribution in [0.25, 0.3) is 0 Å². The zero-order valence-electron chi connectivity index (χ0n) is 30.2. The lowest BCUT2D eigenvalue weighted by atomic mass is 10.2. The van der Waals surface area contributed by atoms with E-state index in [1.807, 2.05) is 0 Å². The number of ether oxygens (including phenoxy) is 7. The molecule has 0 saturated heterocycles. The molecule has 4 aromatic rings. The first-order chi connectivity index (χ1) is 26.7. The van der Waals surface area contributed by atoms with Crippen LogP contribution in [0.2, 0.25) is 0 Å². The quantitative estimate of drug-likeness (QED) is 0.0263. The van der Waals surface area contributed by atoms with Crippen LogP contribution in [0.3, 0.4) is 0 Å². The first-order valence-corrected chi connectivity index (χ1v) is 18.0. The van der Waals surface area contributed by atoms with E-state index in [1.165, 1.54) is 7.11 Å². The van der Waals surface area contributed by atoms with Gasteiger partial charge in [-0.3, -0.25) is 4.99 Å². The Kier molecular flexibility index (Phi) is 16.7. The zero-order valence-corrected chi connectivity index (χ0v) is 31.8. The van der Waals surface area contributed by atoms with Crippen LogP contribution in [0.5, 0.6) is 28.7 Å². The number of hydrogen-bond acceptors (Lipinski definition) is 12. The zero-order chi connectivity index (χ0) is 39.4. The normalized spacial score (nSPS) is 10.6. The monoisotopic (exact) mass is 813 g/mol. The molecule has 0 spiro atoms. The summed E-state index contributed by atoms with van der Waals surface area (Å²) in [5.41, 5.74) is 1.94. The van der Waals surface area contributed by atoms with Gasteiger partial charge in [-0.05, 0) is 132 Å². The highest BCUT2D eigenvalue weighted by molar-refractivity contribution is 9.10. The molecule has 286 valence electrons. The number of aliphatic imine (C=N–C) groups is 1. The number of carbonyl (C=O) groups is 4. The molecule has 0 heterocycles. The molecule has 0 aromatic heterocycles. The van der Waals surface area contributed by atoms with E-state index in [9.17, 15) is 19.2 Å². The smallest absolute Gasteiger partial charge is 0.343 e. The maximum absolute atomic E-state index is 12.9. The molecule has 0 aliphatic carbocycles. The summed E-state index contributed by atoms with van der Waals surface area (Å²) in [6, 6.07) is 23.2. The first kappa shape index (κ1) is 41.5. The Morgan fingerprint density at radius 3 is 1.64 bits per heavy atom. The number of carbonyl (C=O) groups excluding carboxylic acids is 4. The predicted octanol–water partition coefficient (Wildman–Crippen LogP) is 8.42. The molecular formula is C42H40BrNO11. The Balaban J connectivity index is 1.24. The fourth-order valence-corrected chi connectivity index (χ4v) is 5.06. The first-order valence-electron chi connectivity index (χ1n) is 17.2. The van der Waals surface area contributed by atoms with Crippen molar-refractivity contribution in [2.75, 3.05) is 33.5 Å². The summed E-state index contributed by atoms with van der Waals surface area (Å²) in [5.74, 6) is 0.0713. The van der Waals surface area contributed by atoms with E-state index < -0.39 is 23.9 Å². The molecule has 0 amide bonds. The molecule has 0 N–H and O–H groups in total. The second-order valence-electron chi connectivity index (χ2n) is 11.5. The van der Waals surface area contributed by atoms with Crippen molar-refractivity contribution in [2.24, 2.45) is 4.99 Å². The van der Waals surface area contributed by atoms with Crippen LogP contribution < -0.4 is 23.7 Å². The molecule has 55 heavy (non-hydrogen) atoms. The van der Waals surface area contributed by atoms with Crippen LogP contribution >= 0.6 is 15.9 Å². The van der Waals surface area contributed by atoms with Gasteiger partial charge in [0.2, 0.25) is 0 Å². The SMILES string of the molecule is C=CC(=O)OCCCCOc1ccc(C(=O)Oc2ccc(/N=C/c3ccc(OC(=O)c4ccc(OCCCCOC(=O)C=C)cc4)c(OC)c3)c(Br)c2)cc1. The maximum atomic E-state index is 12.9. The summed E-state index contributed by atoms with van der Waals surface area (Å²) >= 11 is 3.49. The molecule has 0 unspecified atom stereocenters. The highest BCUT2D eigenvalue weighted by Gasteiger charge is 2.14. The van der Waals surface area contributed by atoms with Crippen molar-refractivity contribution in [1.29, 1.82) is 0 Å². The minimum atomic E-state index is -0.569. The Bertz CT molecular complexity index is 1970. The van der Waals surface area contributed by atoms with E-state index in [0.29, 0.717) is 102 Å². The van der Waals surface area contributed by atoms with Crippen LogP contribution in [0.1, 0.15) is 52.0 Å². The van der Waals surface area contributed by atoms with Gasteiger partial charge in [0.1, 0.15) is 17.2 Å². The summed E-state index contributed by atoms with van der Waals surface area (Å²) in [6.07, 6.45) is 6.55. The van der Waals surface area contributed by atoms with Crippen molar-refractivity contribution in [3.05, 3.63) is 131 Å². The van der Waals surface area contributed by atoms with Gasteiger partial charge in [-0.15, -0.1) is 0 Å². The van der Waals surface area contributed by atoms with Gasteiger partial charge in [0.05, 0.1) is 50.4 Å². The fourth-order valence-electron chi connectivity index (χ4n) is 4.60. The van der Waals surface area contributed by atoms with Crippen molar-refractivity contribution < 1.29 is 52.3 Å². The van der Waals surface area contributed by atoms with Gasteiger partial charge in [0, 0.05) is 22.8 Å². The van der Waals surface area contributed by atoms with Crippen molar-refractivity contribution in [1.82, 2.24) is 0 Å². The lowest BCUT2D eigenvalue weighted by Gasteiger charge is -2.11. The Labute approximate surface area is 327 Å². The molecule has 0 aliphatic rings. The third kappa shape index (κ3) is 13.9. The highest BCUT2D eigenvalue weighted by Crippen LogP contribution is 2.32. The molecule has 4 aromatic carbocycles. The van der Waals surface area contributed by atoms with Crippen molar-refractivity contribution in [2.45, 2.75) is 25.7 Å². The van der Waals surface area contributed by atoms with Crippen LogP contribution in [0, 0.1) is 0 Å². The number of benzene rings is 4. The van der Waals surface area contributed by atoms with Gasteiger partial charge in [0.25, 0.3) is 0 Å². The minimum Gasteiger partial charge on any atom is -0.494 e. The van der Waals surface area contributed by atoms with Gasteiger partial charge in [-0.1, -0.05) is 13.2 Å². The average Bonchev–Trinajstić information content (AvgIpc) is 3.20. The van der Waals surface area contributed by atoms with E-state index >= 15 is 0 Å². The van der Waals surface area contributed by atoms with Crippen molar-refractivity contribution in [3.63, 3.8) is 0 Å². The van der Waals surface area contributed by atoms with Gasteiger partial charge in [-0.2, -0.15) is 0 Å². The van der Waals surface area contributed by atoms with Gasteiger partial charge in [-0.25, -0.2) is 19.2 Å². The number of halogens is 1. The van der Waals surface area contributed by atoms with Crippen molar-refractivity contribution >= 4 is 51.7 Å². The molecule has 13 heteroatoms. The lowest BCUT2D eigenvalue weighted by Crippen LogP contribution is -2.09. The molecule has 0 radical (unpaired) electrons. The molecule has 0 fully saturated rings. The average molecular weight is 815 g/mol. The molecule has 12 nitrogen and oxygen atoms in total. The second kappa shape index (κ2) is 22.1. The van der Waals surface area contributed by atoms with E-state index in [4.69, 9.17) is 33.2 Å². The summed E-state index contributed by atoms with van der Waals surface area (Å²) in [5, 5.41) is 0. The lowest BCUT2D eigenvalue weighted by molar-refractivity contribution is -0.138. The van der Waals surface area contributed by atoms with Crippen LogP contribution in [0.15, 0.2) is 120 Å². The standard InChI is InChI=1S/C42H40BrNO11/c1-4-39(45)52-24-8-6-22-50-32-15-11-30(12-16-32)41(47)54-34-19-20-36(35(43)27-34)44-28-29-10-21-37(38(26-29)49-3)55-42(48)31-13-17-33(18-14-31)51-23-7-9-25-53-40(46)5-2/h4-5,10-21,26-28H,1-2,6-9,22-25H2,3H3/b44-28+.